The van der Waals surface area contributed by atoms with Gasteiger partial charge < -0.3 is 0 Å². The van der Waals surface area contributed by atoms with Crippen molar-refractivity contribution < 1.29 is 4.39 Å². The van der Waals surface area contributed by atoms with Gasteiger partial charge in [0.15, 0.2) is 0 Å². The van der Waals surface area contributed by atoms with Crippen molar-refractivity contribution in [1.82, 2.24) is 0 Å². The lowest BCUT2D eigenvalue weighted by Gasteiger charge is -1.99. The summed E-state index contributed by atoms with van der Waals surface area (Å²) >= 11 is 3.11. The van der Waals surface area contributed by atoms with Crippen molar-refractivity contribution in [1.29, 1.82) is 0 Å². The third-order valence-corrected chi connectivity index (χ3v) is 2.32. The molecular formula is C8H5BrFN. The van der Waals surface area contributed by atoms with Crippen LogP contribution in [0, 0.1) is 5.82 Å². The Balaban J connectivity index is 2.70. The molecule has 0 bridgehead atoms. The minimum Gasteiger partial charge on any atom is -0.288 e. The summed E-state index contributed by atoms with van der Waals surface area (Å²) in [6.07, 6.45) is 1.58. The lowest BCUT2D eigenvalue weighted by molar-refractivity contribution is 0.618. The number of halogens is 2. The lowest BCUT2D eigenvalue weighted by Crippen LogP contribution is -1.90. The molecule has 0 amide bonds. The molecule has 1 aliphatic rings. The summed E-state index contributed by atoms with van der Waals surface area (Å²) in [6.45, 7) is 0.611. The molecular weight excluding hydrogens is 209 g/mol. The van der Waals surface area contributed by atoms with Crippen molar-refractivity contribution in [3.05, 3.63) is 33.5 Å². The van der Waals surface area contributed by atoms with E-state index in [1.54, 1.807) is 12.3 Å². The first-order valence-corrected chi connectivity index (χ1v) is 4.05. The molecule has 0 radical (unpaired) electrons. The van der Waals surface area contributed by atoms with Crippen LogP contribution in [0.5, 0.6) is 0 Å². The topological polar surface area (TPSA) is 12.4 Å². The van der Waals surface area contributed by atoms with E-state index in [4.69, 9.17) is 0 Å². The van der Waals surface area contributed by atoms with E-state index in [1.807, 2.05) is 6.07 Å². The van der Waals surface area contributed by atoms with Crippen molar-refractivity contribution in [3.63, 3.8) is 0 Å². The van der Waals surface area contributed by atoms with Crippen molar-refractivity contribution in [2.24, 2.45) is 4.99 Å². The fourth-order valence-electron chi connectivity index (χ4n) is 1.12. The van der Waals surface area contributed by atoms with Gasteiger partial charge in [-0.05, 0) is 27.6 Å². The minimum atomic E-state index is -0.205. The molecule has 1 heterocycles. The SMILES string of the molecule is Fc1c(Br)ccc2c1C=NC2. The summed E-state index contributed by atoms with van der Waals surface area (Å²) < 4.78 is 13.7. The second kappa shape index (κ2) is 2.41. The average Bonchev–Trinajstić information content (AvgIpc) is 2.45. The van der Waals surface area contributed by atoms with Crippen molar-refractivity contribution in [3.8, 4) is 0 Å². The Kier molecular flexibility index (Phi) is 1.53. The quantitative estimate of drug-likeness (QED) is 0.629. The minimum absolute atomic E-state index is 0.205. The van der Waals surface area contributed by atoms with Crippen molar-refractivity contribution >= 4 is 22.1 Å². The zero-order chi connectivity index (χ0) is 7.84. The van der Waals surface area contributed by atoms with Gasteiger partial charge in [0.05, 0.1) is 11.0 Å². The maximum Gasteiger partial charge on any atom is 0.146 e. The molecule has 0 aliphatic carbocycles. The summed E-state index contributed by atoms with van der Waals surface area (Å²) in [4.78, 5) is 3.97. The zero-order valence-electron chi connectivity index (χ0n) is 5.64. The standard InChI is InChI=1S/C8H5BrFN/c9-7-2-1-5-3-11-4-6(5)8(7)10/h1-2,4H,3H2. The van der Waals surface area contributed by atoms with Crippen molar-refractivity contribution in [2.45, 2.75) is 6.54 Å². The molecule has 0 saturated heterocycles. The van der Waals surface area contributed by atoms with Gasteiger partial charge in [-0.25, -0.2) is 4.39 Å². The van der Waals surface area contributed by atoms with Gasteiger partial charge in [0.2, 0.25) is 0 Å². The summed E-state index contributed by atoms with van der Waals surface area (Å²) in [5, 5.41) is 0. The molecule has 3 heteroatoms. The van der Waals surface area contributed by atoms with Crippen LogP contribution in [-0.4, -0.2) is 6.21 Å². The first kappa shape index (κ1) is 6.98. The van der Waals surface area contributed by atoms with Crippen LogP contribution in [0.25, 0.3) is 0 Å². The monoisotopic (exact) mass is 213 g/mol. The third kappa shape index (κ3) is 0.997. The van der Waals surface area contributed by atoms with E-state index < -0.39 is 0 Å². The van der Waals surface area contributed by atoms with E-state index in [1.165, 1.54) is 0 Å². The molecule has 1 aromatic rings. The van der Waals surface area contributed by atoms with Gasteiger partial charge in [-0.2, -0.15) is 0 Å². The van der Waals surface area contributed by atoms with Crippen LogP contribution in [0.3, 0.4) is 0 Å². The van der Waals surface area contributed by atoms with E-state index in [-0.39, 0.29) is 5.82 Å². The van der Waals surface area contributed by atoms with E-state index >= 15 is 0 Å². The molecule has 11 heavy (non-hydrogen) atoms. The molecule has 0 fully saturated rings. The summed E-state index contributed by atoms with van der Waals surface area (Å²) in [5.74, 6) is -0.205. The molecule has 0 saturated carbocycles. The van der Waals surface area contributed by atoms with E-state index in [0.29, 0.717) is 16.6 Å². The van der Waals surface area contributed by atoms with Crippen LogP contribution < -0.4 is 0 Å². The normalized spacial score (nSPS) is 13.6. The molecule has 1 nitrogen and oxygen atoms in total. The van der Waals surface area contributed by atoms with Crippen LogP contribution >= 0.6 is 15.9 Å². The maximum absolute atomic E-state index is 13.2. The molecule has 56 valence electrons. The number of hydrogen-bond donors (Lipinski definition) is 0. The fourth-order valence-corrected chi connectivity index (χ4v) is 1.46. The molecule has 1 aliphatic heterocycles. The number of fused-ring (bicyclic) bond motifs is 1. The Bertz CT molecular complexity index is 333. The molecule has 1 aromatic carbocycles. The van der Waals surface area contributed by atoms with Crippen LogP contribution in [0.2, 0.25) is 0 Å². The van der Waals surface area contributed by atoms with Crippen LogP contribution in [0.15, 0.2) is 21.6 Å². The molecule has 0 atom stereocenters. The Morgan fingerprint density at radius 1 is 1.45 bits per heavy atom. The maximum atomic E-state index is 13.2. The molecule has 0 spiro atoms. The Morgan fingerprint density at radius 3 is 3.09 bits per heavy atom. The van der Waals surface area contributed by atoms with Crippen LogP contribution in [-0.2, 0) is 6.54 Å². The predicted octanol–water partition coefficient (Wildman–Crippen LogP) is 2.52. The second-order valence-corrected chi connectivity index (χ2v) is 3.26. The molecule has 0 unspecified atom stereocenters. The summed E-state index contributed by atoms with van der Waals surface area (Å²) in [5.41, 5.74) is 1.59. The van der Waals surface area contributed by atoms with Gasteiger partial charge in [0, 0.05) is 11.8 Å². The van der Waals surface area contributed by atoms with Gasteiger partial charge in [-0.15, -0.1) is 0 Å². The molecule has 0 N–H and O–H groups in total. The van der Waals surface area contributed by atoms with Gasteiger partial charge in [-0.1, -0.05) is 6.07 Å². The number of hydrogen-bond acceptors (Lipinski definition) is 1. The third-order valence-electron chi connectivity index (χ3n) is 1.70. The number of aliphatic imine (C=N–C) groups is 1. The number of benzene rings is 1. The predicted molar refractivity (Wildman–Crippen MR) is 45.4 cm³/mol. The van der Waals surface area contributed by atoms with E-state index in [2.05, 4.69) is 20.9 Å². The highest BCUT2D eigenvalue weighted by molar-refractivity contribution is 9.10. The van der Waals surface area contributed by atoms with Crippen molar-refractivity contribution in [2.75, 3.05) is 0 Å². The largest absolute Gasteiger partial charge is 0.288 e. The van der Waals surface area contributed by atoms with E-state index in [0.717, 1.165) is 5.56 Å². The zero-order valence-corrected chi connectivity index (χ0v) is 7.23. The highest BCUT2D eigenvalue weighted by Crippen LogP contribution is 2.24. The highest BCUT2D eigenvalue weighted by Gasteiger charge is 2.12. The molecule has 2 rings (SSSR count). The molecule has 0 aromatic heterocycles. The van der Waals surface area contributed by atoms with Crippen LogP contribution in [0.1, 0.15) is 11.1 Å². The Labute approximate surface area is 72.1 Å². The van der Waals surface area contributed by atoms with Gasteiger partial charge in [-0.3, -0.25) is 4.99 Å². The van der Waals surface area contributed by atoms with Gasteiger partial charge in [0.25, 0.3) is 0 Å². The first-order valence-electron chi connectivity index (χ1n) is 3.26. The van der Waals surface area contributed by atoms with Crippen LogP contribution in [0.4, 0.5) is 4.39 Å². The first-order chi connectivity index (χ1) is 5.29. The Hall–Kier alpha value is -0.700. The fraction of sp³-hybridized carbons (Fsp3) is 0.125. The van der Waals surface area contributed by atoms with Gasteiger partial charge in [0.1, 0.15) is 5.82 Å². The average molecular weight is 214 g/mol. The second-order valence-electron chi connectivity index (χ2n) is 2.40. The highest BCUT2D eigenvalue weighted by atomic mass is 79.9. The number of rotatable bonds is 0. The lowest BCUT2D eigenvalue weighted by atomic mass is 10.1. The summed E-state index contributed by atoms with van der Waals surface area (Å²) in [7, 11) is 0. The Morgan fingerprint density at radius 2 is 2.27 bits per heavy atom. The van der Waals surface area contributed by atoms with E-state index in [9.17, 15) is 4.39 Å². The van der Waals surface area contributed by atoms with Gasteiger partial charge >= 0.3 is 0 Å². The smallest absolute Gasteiger partial charge is 0.146 e. The summed E-state index contributed by atoms with van der Waals surface area (Å²) in [6, 6.07) is 3.60. The number of nitrogens with zero attached hydrogens (tertiary/aromatic N) is 1.